The fraction of sp³-hybridized carbons (Fsp3) is 0.625. The van der Waals surface area contributed by atoms with Gasteiger partial charge in [-0.2, -0.15) is 0 Å². The first-order chi connectivity index (χ1) is 8.75. The average molecular weight is 249 g/mol. The van der Waals surface area contributed by atoms with Crippen molar-refractivity contribution >= 4 is 0 Å². The van der Waals surface area contributed by atoms with Gasteiger partial charge in [0, 0.05) is 0 Å². The molecule has 0 saturated heterocycles. The fourth-order valence-electron chi connectivity index (χ4n) is 2.88. The maximum atomic E-state index is 9.98. The number of benzene rings is 1. The third kappa shape index (κ3) is 4.11. The predicted molar refractivity (Wildman–Crippen MR) is 74.5 cm³/mol. The molecule has 100 valence electrons. The molecule has 1 aliphatic carbocycles. The van der Waals surface area contributed by atoms with E-state index < -0.39 is 0 Å². The first-order valence-corrected chi connectivity index (χ1v) is 7.16. The molecule has 1 aromatic carbocycles. The average Bonchev–Trinajstić information content (AvgIpc) is 2.81. The summed E-state index contributed by atoms with van der Waals surface area (Å²) >= 11 is 0. The molecule has 1 saturated carbocycles. The van der Waals surface area contributed by atoms with Gasteiger partial charge >= 0.3 is 1.43 Å². The van der Waals surface area contributed by atoms with Gasteiger partial charge in [-0.05, 0) is 50.0 Å². The van der Waals surface area contributed by atoms with Crippen molar-refractivity contribution in [3.8, 4) is 0 Å². The van der Waals surface area contributed by atoms with E-state index in [1.807, 2.05) is 18.2 Å². The molecule has 3 atom stereocenters. The lowest BCUT2D eigenvalue weighted by Crippen LogP contribution is -2.16. The molecule has 1 aromatic rings. The number of hydrogen-bond acceptors (Lipinski definition) is 2. The first kappa shape index (κ1) is 13.6. The Kier molecular flexibility index (Phi) is 5.21. The highest BCUT2D eigenvalue weighted by atomic mass is 16.3. The number of aliphatic hydroxyl groups is 2. The van der Waals surface area contributed by atoms with Gasteiger partial charge in [-0.15, -0.1) is 0 Å². The molecule has 1 fully saturated rings. The van der Waals surface area contributed by atoms with Crippen LogP contribution in [-0.2, 0) is 6.42 Å². The van der Waals surface area contributed by atoms with Crippen LogP contribution in [0.5, 0.6) is 0 Å². The molecule has 0 amide bonds. The standard InChI is InChI=1S/C16H24O2/c17-15(11-9-13-5-2-1-3-6-13)12-10-14-7-4-8-16(14)18/h1-3,5-6,14-18H,4,7-12H2/p+1. The summed E-state index contributed by atoms with van der Waals surface area (Å²) in [5, 5.41) is 19.7. The van der Waals surface area contributed by atoms with Gasteiger partial charge in [-0.25, -0.2) is 0 Å². The minimum Gasteiger partial charge on any atom is -0.393 e. The molecule has 0 bridgehead atoms. The predicted octanol–water partition coefficient (Wildman–Crippen LogP) is 3.03. The van der Waals surface area contributed by atoms with Crippen LogP contribution >= 0.6 is 0 Å². The van der Waals surface area contributed by atoms with Gasteiger partial charge in [0.2, 0.25) is 0 Å². The number of aryl methyl sites for hydroxylation is 1. The normalized spacial score (nSPS) is 25.2. The van der Waals surface area contributed by atoms with Crippen LogP contribution in [0.1, 0.15) is 45.5 Å². The van der Waals surface area contributed by atoms with Crippen molar-refractivity contribution in [1.29, 1.82) is 0 Å². The van der Waals surface area contributed by atoms with Crippen LogP contribution in [0.25, 0.3) is 0 Å². The van der Waals surface area contributed by atoms with Gasteiger partial charge in [-0.1, -0.05) is 36.8 Å². The van der Waals surface area contributed by atoms with E-state index in [1.54, 1.807) is 0 Å². The summed E-state index contributed by atoms with van der Waals surface area (Å²) < 4.78 is 0. The summed E-state index contributed by atoms with van der Waals surface area (Å²) in [6.45, 7) is 0. The van der Waals surface area contributed by atoms with Crippen molar-refractivity contribution in [2.45, 2.75) is 57.2 Å². The lowest BCUT2D eigenvalue weighted by atomic mass is 9.95. The molecule has 2 N–H and O–H groups in total. The van der Waals surface area contributed by atoms with E-state index in [0.717, 1.165) is 44.9 Å². The van der Waals surface area contributed by atoms with Gasteiger partial charge in [-0.3, -0.25) is 0 Å². The molecule has 0 radical (unpaired) electrons. The lowest BCUT2D eigenvalue weighted by molar-refractivity contribution is 0.102. The molecule has 2 rings (SSSR count). The zero-order chi connectivity index (χ0) is 12.8. The van der Waals surface area contributed by atoms with Crippen LogP contribution in [-0.4, -0.2) is 22.4 Å². The van der Waals surface area contributed by atoms with Crippen molar-refractivity contribution in [3.05, 3.63) is 35.9 Å². The molecule has 0 aromatic heterocycles. The molecule has 2 heteroatoms. The molecule has 0 aliphatic heterocycles. The molecule has 2 nitrogen and oxygen atoms in total. The third-order valence-electron chi connectivity index (χ3n) is 4.10. The Balaban J connectivity index is 0.00000180. The summed E-state index contributed by atoms with van der Waals surface area (Å²) in [5.41, 5.74) is 1.29. The fourth-order valence-corrected chi connectivity index (χ4v) is 2.88. The van der Waals surface area contributed by atoms with Crippen LogP contribution in [0.2, 0.25) is 0 Å². The number of hydrogen-bond donors (Lipinski definition) is 2. The van der Waals surface area contributed by atoms with Crippen molar-refractivity contribution in [2.24, 2.45) is 5.92 Å². The molecular formula is C16H25O2+. The second kappa shape index (κ2) is 6.91. The van der Waals surface area contributed by atoms with Crippen LogP contribution < -0.4 is 0 Å². The summed E-state index contributed by atoms with van der Waals surface area (Å²) in [5.74, 6) is 0.427. The van der Waals surface area contributed by atoms with E-state index >= 15 is 0 Å². The van der Waals surface area contributed by atoms with E-state index in [4.69, 9.17) is 0 Å². The summed E-state index contributed by atoms with van der Waals surface area (Å²) in [4.78, 5) is 0. The van der Waals surface area contributed by atoms with Crippen LogP contribution in [0.3, 0.4) is 0 Å². The van der Waals surface area contributed by atoms with Crippen LogP contribution in [0, 0.1) is 5.92 Å². The number of aliphatic hydroxyl groups excluding tert-OH is 2. The Bertz CT molecular complexity index is 342. The second-order valence-corrected chi connectivity index (χ2v) is 5.51. The van der Waals surface area contributed by atoms with Crippen LogP contribution in [0.4, 0.5) is 0 Å². The Labute approximate surface area is 111 Å². The Morgan fingerprint density at radius 3 is 2.61 bits per heavy atom. The van der Waals surface area contributed by atoms with Crippen molar-refractivity contribution in [3.63, 3.8) is 0 Å². The van der Waals surface area contributed by atoms with E-state index in [0.29, 0.717) is 5.92 Å². The van der Waals surface area contributed by atoms with Crippen LogP contribution in [0.15, 0.2) is 30.3 Å². The van der Waals surface area contributed by atoms with E-state index in [2.05, 4.69) is 12.1 Å². The maximum absolute atomic E-state index is 9.98. The van der Waals surface area contributed by atoms with Crippen molar-refractivity contribution in [1.82, 2.24) is 0 Å². The zero-order valence-electron chi connectivity index (χ0n) is 12.0. The molecular weight excluding hydrogens is 224 g/mol. The maximum Gasteiger partial charge on any atom is 1.00 e. The highest BCUT2D eigenvalue weighted by molar-refractivity contribution is 5.14. The van der Waals surface area contributed by atoms with Crippen molar-refractivity contribution < 1.29 is 11.6 Å². The van der Waals surface area contributed by atoms with Gasteiger partial charge in [0.05, 0.1) is 12.2 Å². The zero-order valence-corrected chi connectivity index (χ0v) is 11.0. The quantitative estimate of drug-likeness (QED) is 0.813. The smallest absolute Gasteiger partial charge is 0.393 e. The van der Waals surface area contributed by atoms with Gasteiger partial charge in [0.25, 0.3) is 0 Å². The highest BCUT2D eigenvalue weighted by Gasteiger charge is 2.25. The second-order valence-electron chi connectivity index (χ2n) is 5.51. The van der Waals surface area contributed by atoms with Gasteiger partial charge in [0.15, 0.2) is 0 Å². The summed E-state index contributed by atoms with van der Waals surface area (Å²) in [6.07, 6.45) is 6.45. The molecule has 0 heterocycles. The topological polar surface area (TPSA) is 40.5 Å². The van der Waals surface area contributed by atoms with E-state index in [9.17, 15) is 10.2 Å². The van der Waals surface area contributed by atoms with Gasteiger partial charge in [0.1, 0.15) is 0 Å². The third-order valence-corrected chi connectivity index (χ3v) is 4.10. The summed E-state index contributed by atoms with van der Waals surface area (Å²) in [7, 11) is 0. The number of rotatable bonds is 6. The van der Waals surface area contributed by atoms with E-state index in [-0.39, 0.29) is 13.6 Å². The Morgan fingerprint density at radius 1 is 1.17 bits per heavy atom. The molecule has 18 heavy (non-hydrogen) atoms. The highest BCUT2D eigenvalue weighted by Crippen LogP contribution is 2.29. The Morgan fingerprint density at radius 2 is 1.94 bits per heavy atom. The lowest BCUT2D eigenvalue weighted by Gasteiger charge is -2.16. The van der Waals surface area contributed by atoms with Gasteiger partial charge < -0.3 is 10.2 Å². The SMILES string of the molecule is OC(CCc1ccccc1)CCC1CCCC1O.[H+]. The minimum atomic E-state index is -0.224. The molecule has 0 spiro atoms. The monoisotopic (exact) mass is 249 g/mol. The molecule has 3 unspecified atom stereocenters. The summed E-state index contributed by atoms with van der Waals surface area (Å²) in [6, 6.07) is 10.3. The molecule has 1 aliphatic rings. The van der Waals surface area contributed by atoms with E-state index in [1.165, 1.54) is 5.56 Å². The largest absolute Gasteiger partial charge is 1.00 e. The first-order valence-electron chi connectivity index (χ1n) is 7.16. The Hall–Kier alpha value is -0.860. The minimum absolute atomic E-state index is 0. The van der Waals surface area contributed by atoms with Crippen molar-refractivity contribution in [2.75, 3.05) is 0 Å².